The Morgan fingerprint density at radius 3 is 2.75 bits per heavy atom. The van der Waals surface area contributed by atoms with Gasteiger partial charge in [0.25, 0.3) is 0 Å². The number of phenols is 1. The normalized spacial score (nSPS) is 12.9. The van der Waals surface area contributed by atoms with Crippen molar-refractivity contribution in [2.75, 3.05) is 6.54 Å². The monoisotopic (exact) mass is 169 g/mol. The van der Waals surface area contributed by atoms with Crippen LogP contribution in [0.3, 0.4) is 0 Å². The Balaban J connectivity index is 3.01. The van der Waals surface area contributed by atoms with Crippen molar-refractivity contribution in [2.45, 2.75) is 12.8 Å². The second kappa shape index (κ2) is 3.54. The lowest BCUT2D eigenvalue weighted by atomic mass is 10.0. The van der Waals surface area contributed by atoms with E-state index in [-0.39, 0.29) is 11.7 Å². The van der Waals surface area contributed by atoms with Crippen molar-refractivity contribution >= 4 is 0 Å². The van der Waals surface area contributed by atoms with Gasteiger partial charge in [-0.25, -0.2) is 4.39 Å². The molecular weight excluding hydrogens is 157 g/mol. The summed E-state index contributed by atoms with van der Waals surface area (Å²) in [5.41, 5.74) is 5.93. The highest BCUT2D eigenvalue weighted by atomic mass is 19.1. The summed E-state index contributed by atoms with van der Waals surface area (Å²) >= 11 is 0. The van der Waals surface area contributed by atoms with Gasteiger partial charge in [0.2, 0.25) is 0 Å². The Kier molecular flexibility index (Phi) is 2.65. The van der Waals surface area contributed by atoms with Crippen molar-refractivity contribution in [3.8, 4) is 5.75 Å². The maximum atomic E-state index is 13.1. The fourth-order valence-corrected chi connectivity index (χ4v) is 1.04. The van der Waals surface area contributed by atoms with Crippen molar-refractivity contribution in [3.05, 3.63) is 29.6 Å². The summed E-state index contributed by atoms with van der Waals surface area (Å²) in [4.78, 5) is 0. The summed E-state index contributed by atoms with van der Waals surface area (Å²) in [5.74, 6) is -0.459. The number of halogens is 1. The van der Waals surface area contributed by atoms with E-state index in [2.05, 4.69) is 0 Å². The Morgan fingerprint density at radius 1 is 1.58 bits per heavy atom. The molecule has 0 heterocycles. The third-order valence-electron chi connectivity index (χ3n) is 1.87. The van der Waals surface area contributed by atoms with Gasteiger partial charge < -0.3 is 10.8 Å². The van der Waals surface area contributed by atoms with Crippen LogP contribution in [-0.2, 0) is 0 Å². The zero-order chi connectivity index (χ0) is 9.14. The minimum absolute atomic E-state index is 0.00870. The molecule has 0 aliphatic carbocycles. The molecule has 1 aromatic rings. The van der Waals surface area contributed by atoms with Gasteiger partial charge >= 0.3 is 0 Å². The van der Waals surface area contributed by atoms with E-state index in [1.807, 2.05) is 6.92 Å². The number of rotatable bonds is 2. The molecule has 0 spiro atoms. The van der Waals surface area contributed by atoms with Crippen molar-refractivity contribution in [3.63, 3.8) is 0 Å². The largest absolute Gasteiger partial charge is 0.508 e. The van der Waals surface area contributed by atoms with Crippen LogP contribution in [0.1, 0.15) is 18.4 Å². The molecule has 0 fully saturated rings. The highest BCUT2D eigenvalue weighted by Crippen LogP contribution is 2.21. The number of nitrogens with two attached hydrogens (primary N) is 1. The smallest absolute Gasteiger partial charge is 0.130 e. The molecule has 0 aromatic heterocycles. The Hall–Kier alpha value is -1.09. The van der Waals surface area contributed by atoms with E-state index in [1.165, 1.54) is 6.07 Å². The first-order valence-corrected chi connectivity index (χ1v) is 3.83. The molecule has 1 unspecified atom stereocenters. The van der Waals surface area contributed by atoms with Crippen LogP contribution >= 0.6 is 0 Å². The molecule has 0 radical (unpaired) electrons. The summed E-state index contributed by atoms with van der Waals surface area (Å²) in [7, 11) is 0. The first-order valence-electron chi connectivity index (χ1n) is 3.83. The first-order chi connectivity index (χ1) is 5.65. The molecule has 1 rings (SSSR count). The minimum atomic E-state index is -0.395. The lowest BCUT2D eigenvalue weighted by Gasteiger charge is -2.09. The van der Waals surface area contributed by atoms with Crippen LogP contribution in [0.5, 0.6) is 5.75 Å². The van der Waals surface area contributed by atoms with Crippen molar-refractivity contribution in [2.24, 2.45) is 5.73 Å². The molecule has 12 heavy (non-hydrogen) atoms. The highest BCUT2D eigenvalue weighted by Gasteiger charge is 2.08. The average molecular weight is 169 g/mol. The molecule has 3 N–H and O–H groups in total. The standard InChI is InChI=1S/C9H12FNO/c1-6(5-11)8-3-2-7(12)4-9(8)10/h2-4,6,12H,5,11H2,1H3. The molecule has 0 aliphatic rings. The van der Waals surface area contributed by atoms with Gasteiger partial charge in [-0.3, -0.25) is 0 Å². The molecule has 3 heteroatoms. The van der Waals surface area contributed by atoms with Crippen molar-refractivity contribution in [1.82, 2.24) is 0 Å². The number of hydrogen-bond acceptors (Lipinski definition) is 2. The van der Waals surface area contributed by atoms with E-state index >= 15 is 0 Å². The molecule has 0 aliphatic heterocycles. The average Bonchev–Trinajstić information content (AvgIpc) is 2.03. The summed E-state index contributed by atoms with van der Waals surface area (Å²) in [6, 6.07) is 4.12. The van der Waals surface area contributed by atoms with Gasteiger partial charge in [0.05, 0.1) is 0 Å². The topological polar surface area (TPSA) is 46.2 Å². The maximum Gasteiger partial charge on any atom is 0.130 e. The molecule has 0 saturated carbocycles. The highest BCUT2D eigenvalue weighted by molar-refractivity contribution is 5.29. The van der Waals surface area contributed by atoms with Crippen LogP contribution in [-0.4, -0.2) is 11.7 Å². The second-order valence-corrected chi connectivity index (χ2v) is 2.84. The van der Waals surface area contributed by atoms with E-state index in [0.717, 1.165) is 6.07 Å². The number of phenolic OH excluding ortho intramolecular Hbond substituents is 1. The third-order valence-corrected chi connectivity index (χ3v) is 1.87. The predicted octanol–water partition coefficient (Wildman–Crippen LogP) is 1.59. The molecule has 0 saturated heterocycles. The van der Waals surface area contributed by atoms with E-state index in [9.17, 15) is 4.39 Å². The Bertz CT molecular complexity index is 275. The first kappa shape index (κ1) is 9.00. The summed E-state index contributed by atoms with van der Waals surface area (Å²) in [6.07, 6.45) is 0. The zero-order valence-corrected chi connectivity index (χ0v) is 6.92. The Morgan fingerprint density at radius 2 is 2.25 bits per heavy atom. The fourth-order valence-electron chi connectivity index (χ4n) is 1.04. The molecule has 1 atom stereocenters. The molecule has 1 aromatic carbocycles. The van der Waals surface area contributed by atoms with Crippen molar-refractivity contribution in [1.29, 1.82) is 0 Å². The van der Waals surface area contributed by atoms with E-state index in [1.54, 1.807) is 6.07 Å². The van der Waals surface area contributed by atoms with Gasteiger partial charge in [-0.2, -0.15) is 0 Å². The van der Waals surface area contributed by atoms with Gasteiger partial charge in [-0.1, -0.05) is 13.0 Å². The molecule has 2 nitrogen and oxygen atoms in total. The maximum absolute atomic E-state index is 13.1. The van der Waals surface area contributed by atoms with Crippen molar-refractivity contribution < 1.29 is 9.50 Å². The van der Waals surface area contributed by atoms with Crippen LogP contribution in [0.15, 0.2) is 18.2 Å². The van der Waals surface area contributed by atoms with E-state index in [4.69, 9.17) is 10.8 Å². The van der Waals surface area contributed by atoms with Gasteiger partial charge in [0.1, 0.15) is 11.6 Å². The number of hydrogen-bond donors (Lipinski definition) is 2. The number of aromatic hydroxyl groups is 1. The van der Waals surface area contributed by atoms with Gasteiger partial charge in [0, 0.05) is 6.07 Å². The van der Waals surface area contributed by atoms with Crippen LogP contribution < -0.4 is 5.73 Å². The molecule has 66 valence electrons. The third kappa shape index (κ3) is 1.74. The zero-order valence-electron chi connectivity index (χ0n) is 6.92. The van der Waals surface area contributed by atoms with Crippen LogP contribution in [0.25, 0.3) is 0 Å². The quantitative estimate of drug-likeness (QED) is 0.706. The van der Waals surface area contributed by atoms with Gasteiger partial charge in [-0.05, 0) is 24.1 Å². The van der Waals surface area contributed by atoms with Gasteiger partial charge in [-0.15, -0.1) is 0 Å². The van der Waals surface area contributed by atoms with Crippen LogP contribution in [0.4, 0.5) is 4.39 Å². The number of benzene rings is 1. The summed E-state index contributed by atoms with van der Waals surface area (Å²) in [6.45, 7) is 2.25. The lowest BCUT2D eigenvalue weighted by Crippen LogP contribution is -2.10. The SMILES string of the molecule is CC(CN)c1ccc(O)cc1F. The van der Waals surface area contributed by atoms with E-state index in [0.29, 0.717) is 12.1 Å². The second-order valence-electron chi connectivity index (χ2n) is 2.84. The lowest BCUT2D eigenvalue weighted by molar-refractivity contribution is 0.467. The summed E-state index contributed by atoms with van der Waals surface area (Å²) < 4.78 is 13.1. The molecular formula is C9H12FNO. The minimum Gasteiger partial charge on any atom is -0.508 e. The molecule has 0 amide bonds. The fraction of sp³-hybridized carbons (Fsp3) is 0.333. The predicted molar refractivity (Wildman–Crippen MR) is 45.5 cm³/mol. The summed E-state index contributed by atoms with van der Waals surface area (Å²) in [5, 5.41) is 8.92. The Labute approximate surface area is 70.8 Å². The van der Waals surface area contributed by atoms with Gasteiger partial charge in [0.15, 0.2) is 0 Å². The molecule has 0 bridgehead atoms. The van der Waals surface area contributed by atoms with Crippen LogP contribution in [0, 0.1) is 5.82 Å². The van der Waals surface area contributed by atoms with Crippen LogP contribution in [0.2, 0.25) is 0 Å². The van der Waals surface area contributed by atoms with E-state index < -0.39 is 5.82 Å².